The molecule has 0 bridgehead atoms. The van der Waals surface area contributed by atoms with Crippen LogP contribution in [0.2, 0.25) is 0 Å². The maximum absolute atomic E-state index is 13.7. The zero-order chi connectivity index (χ0) is 15.4. The van der Waals surface area contributed by atoms with Crippen LogP contribution in [0.3, 0.4) is 0 Å². The number of pyridine rings is 1. The number of nitrogens with zero attached hydrogens (tertiary/aromatic N) is 1. The molecule has 1 aromatic heterocycles. The van der Waals surface area contributed by atoms with Crippen molar-refractivity contribution in [2.75, 3.05) is 7.11 Å². The Morgan fingerprint density at radius 3 is 2.67 bits per heavy atom. The maximum atomic E-state index is 13.7. The van der Waals surface area contributed by atoms with Crippen LogP contribution >= 0.6 is 11.8 Å². The first-order chi connectivity index (χ1) is 10.0. The Morgan fingerprint density at radius 2 is 2.00 bits per heavy atom. The number of halogens is 1. The van der Waals surface area contributed by atoms with Crippen LogP contribution in [0.15, 0.2) is 46.5 Å². The van der Waals surface area contributed by atoms with Gasteiger partial charge in [0, 0.05) is 6.20 Å². The molecule has 1 heterocycles. The van der Waals surface area contributed by atoms with E-state index in [1.54, 1.807) is 0 Å². The molecule has 0 aliphatic heterocycles. The van der Waals surface area contributed by atoms with Crippen molar-refractivity contribution in [3.05, 3.63) is 53.5 Å². The van der Waals surface area contributed by atoms with E-state index in [0.717, 1.165) is 17.8 Å². The predicted octanol–water partition coefficient (Wildman–Crippen LogP) is 2.86. The van der Waals surface area contributed by atoms with Gasteiger partial charge in [0.1, 0.15) is 10.8 Å². The number of carbonyl (C=O) groups excluding carboxylic acids is 1. The fourth-order valence-electron chi connectivity index (χ4n) is 1.54. The maximum Gasteiger partial charge on any atom is 0.337 e. The smallest absolute Gasteiger partial charge is 0.337 e. The third-order valence-electron chi connectivity index (χ3n) is 2.55. The van der Waals surface area contributed by atoms with Crippen LogP contribution in [0, 0.1) is 5.82 Å². The van der Waals surface area contributed by atoms with Gasteiger partial charge in [0.05, 0.1) is 23.1 Å². The highest BCUT2D eigenvalue weighted by atomic mass is 32.2. The van der Waals surface area contributed by atoms with E-state index in [2.05, 4.69) is 9.72 Å². The van der Waals surface area contributed by atoms with Gasteiger partial charge in [-0.1, -0.05) is 11.8 Å². The zero-order valence-electron chi connectivity index (χ0n) is 10.9. The van der Waals surface area contributed by atoms with E-state index in [1.807, 2.05) is 0 Å². The lowest BCUT2D eigenvalue weighted by Crippen LogP contribution is -2.01. The van der Waals surface area contributed by atoms with E-state index >= 15 is 0 Å². The minimum atomic E-state index is -1.15. The monoisotopic (exact) mass is 307 g/mol. The number of ether oxygens (including phenoxy) is 1. The third-order valence-corrected chi connectivity index (χ3v) is 3.51. The largest absolute Gasteiger partial charge is 0.478 e. The van der Waals surface area contributed by atoms with Crippen molar-refractivity contribution in [2.45, 2.75) is 9.92 Å². The van der Waals surface area contributed by atoms with E-state index in [0.29, 0.717) is 5.03 Å². The van der Waals surface area contributed by atoms with Crippen molar-refractivity contribution in [3.63, 3.8) is 0 Å². The molecule has 0 aliphatic carbocycles. The second-order valence-electron chi connectivity index (χ2n) is 3.93. The van der Waals surface area contributed by atoms with E-state index < -0.39 is 17.8 Å². The van der Waals surface area contributed by atoms with Crippen LogP contribution in [0.1, 0.15) is 20.7 Å². The minimum absolute atomic E-state index is 0.0250. The van der Waals surface area contributed by atoms with Gasteiger partial charge in [0.15, 0.2) is 0 Å². The summed E-state index contributed by atoms with van der Waals surface area (Å²) in [7, 11) is 1.26. The highest BCUT2D eigenvalue weighted by molar-refractivity contribution is 7.99. The number of hydrogen-bond acceptors (Lipinski definition) is 5. The second kappa shape index (κ2) is 6.36. The number of rotatable bonds is 4. The van der Waals surface area contributed by atoms with Gasteiger partial charge in [-0.2, -0.15) is 0 Å². The molecule has 0 unspecified atom stereocenters. The molecule has 5 nitrogen and oxygen atoms in total. The molecular weight excluding hydrogens is 297 g/mol. The summed E-state index contributed by atoms with van der Waals surface area (Å²) in [6.45, 7) is 0. The van der Waals surface area contributed by atoms with Crippen LogP contribution in [-0.2, 0) is 4.74 Å². The average molecular weight is 307 g/mol. The molecule has 0 saturated heterocycles. The van der Waals surface area contributed by atoms with E-state index in [4.69, 9.17) is 5.11 Å². The van der Waals surface area contributed by atoms with Crippen molar-refractivity contribution in [3.8, 4) is 0 Å². The summed E-state index contributed by atoms with van der Waals surface area (Å²) in [5, 5.41) is 9.27. The molecule has 0 radical (unpaired) electrons. The van der Waals surface area contributed by atoms with Crippen LogP contribution in [-0.4, -0.2) is 29.1 Å². The Morgan fingerprint density at radius 1 is 1.24 bits per heavy atom. The predicted molar refractivity (Wildman–Crippen MR) is 73.1 cm³/mol. The lowest BCUT2D eigenvalue weighted by Gasteiger charge is -2.05. The number of methoxy groups -OCH3 is 1. The van der Waals surface area contributed by atoms with Gasteiger partial charge in [-0.3, -0.25) is 0 Å². The van der Waals surface area contributed by atoms with E-state index in [-0.39, 0.29) is 16.0 Å². The summed E-state index contributed by atoms with van der Waals surface area (Å²) in [5.74, 6) is -2.23. The molecule has 0 amide bonds. The summed E-state index contributed by atoms with van der Waals surface area (Å²) in [6, 6.07) is 6.40. The number of carbonyl (C=O) groups is 2. The van der Waals surface area contributed by atoms with Crippen molar-refractivity contribution in [1.82, 2.24) is 4.98 Å². The second-order valence-corrected chi connectivity index (χ2v) is 4.99. The Hall–Kier alpha value is -2.41. The molecule has 1 aromatic carbocycles. The van der Waals surface area contributed by atoms with Crippen molar-refractivity contribution in [2.24, 2.45) is 0 Å². The van der Waals surface area contributed by atoms with Crippen molar-refractivity contribution < 1.29 is 23.8 Å². The Bertz CT molecular complexity index is 705. The van der Waals surface area contributed by atoms with Gasteiger partial charge in [0.25, 0.3) is 0 Å². The lowest BCUT2D eigenvalue weighted by molar-refractivity contribution is 0.0599. The summed E-state index contributed by atoms with van der Waals surface area (Å²) in [4.78, 5) is 26.4. The number of aromatic nitrogens is 1. The van der Waals surface area contributed by atoms with Crippen LogP contribution in [0.4, 0.5) is 4.39 Å². The number of aromatic carboxylic acids is 1. The first-order valence-corrected chi connectivity index (χ1v) is 6.58. The zero-order valence-corrected chi connectivity index (χ0v) is 11.7. The molecule has 108 valence electrons. The summed E-state index contributed by atoms with van der Waals surface area (Å²) < 4.78 is 18.3. The fourth-order valence-corrected chi connectivity index (χ4v) is 2.41. The molecule has 0 atom stereocenters. The fraction of sp³-hybridized carbons (Fsp3) is 0.0714. The van der Waals surface area contributed by atoms with Crippen molar-refractivity contribution in [1.29, 1.82) is 0 Å². The molecule has 7 heteroatoms. The number of carboxylic acid groups (broad SMARTS) is 1. The molecule has 0 aliphatic rings. The standard InChI is InChI=1S/C14H10FNO4S/c1-20-14(19)9-4-5-16-12(7-9)21-11-6-8(13(17)18)2-3-10(11)15/h2-7H,1H3,(H,17,18). The lowest BCUT2D eigenvalue weighted by atomic mass is 10.2. The Kier molecular flexibility index (Phi) is 4.54. The Labute approximate surface area is 123 Å². The quantitative estimate of drug-likeness (QED) is 0.875. The molecular formula is C14H10FNO4S. The first kappa shape index (κ1) is 15.0. The van der Waals surface area contributed by atoms with Gasteiger partial charge in [-0.15, -0.1) is 0 Å². The van der Waals surface area contributed by atoms with E-state index in [1.165, 1.54) is 37.6 Å². The normalized spacial score (nSPS) is 10.2. The summed E-state index contributed by atoms with van der Waals surface area (Å²) in [6.07, 6.45) is 1.40. The van der Waals surface area contributed by atoms with Crippen LogP contribution in [0.5, 0.6) is 0 Å². The van der Waals surface area contributed by atoms with Gasteiger partial charge in [0.2, 0.25) is 0 Å². The molecule has 1 N–H and O–H groups in total. The average Bonchev–Trinajstić information content (AvgIpc) is 2.48. The molecule has 2 rings (SSSR count). The van der Waals surface area contributed by atoms with Crippen LogP contribution < -0.4 is 0 Å². The van der Waals surface area contributed by atoms with Gasteiger partial charge in [-0.25, -0.2) is 19.0 Å². The molecule has 0 saturated carbocycles. The van der Waals surface area contributed by atoms with Gasteiger partial charge < -0.3 is 9.84 Å². The van der Waals surface area contributed by atoms with Gasteiger partial charge in [-0.05, 0) is 30.3 Å². The number of benzene rings is 1. The SMILES string of the molecule is COC(=O)c1ccnc(Sc2cc(C(=O)O)ccc2F)c1. The molecule has 0 fully saturated rings. The van der Waals surface area contributed by atoms with Crippen molar-refractivity contribution >= 4 is 23.7 Å². The number of carboxylic acids is 1. The number of hydrogen-bond donors (Lipinski definition) is 1. The third kappa shape index (κ3) is 3.57. The minimum Gasteiger partial charge on any atom is -0.478 e. The van der Waals surface area contributed by atoms with E-state index in [9.17, 15) is 14.0 Å². The summed E-state index contributed by atoms with van der Waals surface area (Å²) >= 11 is 0.931. The van der Waals surface area contributed by atoms with Crippen LogP contribution in [0.25, 0.3) is 0 Å². The summed E-state index contributed by atoms with van der Waals surface area (Å²) in [5.41, 5.74) is 0.257. The first-order valence-electron chi connectivity index (χ1n) is 5.76. The molecule has 0 spiro atoms. The number of esters is 1. The highest BCUT2D eigenvalue weighted by Gasteiger charge is 2.12. The Balaban J connectivity index is 2.32. The van der Waals surface area contributed by atoms with Gasteiger partial charge >= 0.3 is 11.9 Å². The highest BCUT2D eigenvalue weighted by Crippen LogP contribution is 2.29. The topological polar surface area (TPSA) is 76.5 Å². The molecule has 2 aromatic rings. The molecule has 21 heavy (non-hydrogen) atoms.